The zero-order valence-corrected chi connectivity index (χ0v) is 20.4. The molecule has 3 aliphatic rings. The maximum absolute atomic E-state index is 13.1. The second kappa shape index (κ2) is 10.0. The fraction of sp³-hybridized carbons (Fsp3) is 0.375. The van der Waals surface area contributed by atoms with Crippen molar-refractivity contribution in [3.63, 3.8) is 0 Å². The van der Waals surface area contributed by atoms with E-state index in [-0.39, 0.29) is 18.6 Å². The molecule has 5 heterocycles. The van der Waals surface area contributed by atoms with E-state index in [1.54, 1.807) is 10.6 Å². The molecule has 3 aromatic rings. The molecule has 2 atom stereocenters. The summed E-state index contributed by atoms with van der Waals surface area (Å²) >= 11 is -1.87. The van der Waals surface area contributed by atoms with Crippen LogP contribution in [0.15, 0.2) is 29.1 Å². The minimum Gasteiger partial charge on any atom is -0.478 e. The predicted octanol–water partition coefficient (Wildman–Crippen LogP) is 3.28. The zero-order chi connectivity index (χ0) is 24.4. The fourth-order valence-corrected chi connectivity index (χ4v) is 5.24. The van der Waals surface area contributed by atoms with Crippen LogP contribution in [-0.2, 0) is 44.5 Å². The van der Waals surface area contributed by atoms with Gasteiger partial charge in [0.05, 0.1) is 35.6 Å². The van der Waals surface area contributed by atoms with Gasteiger partial charge in [-0.05, 0) is 24.3 Å². The Morgan fingerprint density at radius 3 is 2.76 bits per heavy atom. The summed E-state index contributed by atoms with van der Waals surface area (Å²) in [7, 11) is 0. The number of ether oxygens (including phenoxy) is 2. The molecular formula is C24H27N3O6S. The van der Waals surface area contributed by atoms with Gasteiger partial charge in [0.15, 0.2) is 0 Å². The summed E-state index contributed by atoms with van der Waals surface area (Å²) in [5.74, 6) is 0.833. The van der Waals surface area contributed by atoms with Gasteiger partial charge in [-0.3, -0.25) is 19.1 Å². The molecule has 0 bridgehead atoms. The van der Waals surface area contributed by atoms with E-state index in [4.69, 9.17) is 18.6 Å². The highest BCUT2D eigenvalue weighted by Crippen LogP contribution is 2.38. The predicted molar refractivity (Wildman–Crippen MR) is 128 cm³/mol. The van der Waals surface area contributed by atoms with E-state index in [0.29, 0.717) is 42.3 Å². The first-order chi connectivity index (χ1) is 16.7. The summed E-state index contributed by atoms with van der Waals surface area (Å²) in [5.41, 5.74) is 3.41. The van der Waals surface area contributed by atoms with E-state index in [1.165, 1.54) is 0 Å². The van der Waals surface area contributed by atoms with Crippen molar-refractivity contribution in [3.8, 4) is 17.1 Å². The first kappa shape index (κ1) is 24.1. The molecular weight excluding hydrogens is 458 g/mol. The summed E-state index contributed by atoms with van der Waals surface area (Å²) in [5, 5.41) is 4.18. The Labute approximate surface area is 199 Å². The first-order valence-corrected chi connectivity index (χ1v) is 12.5. The fourth-order valence-electron chi connectivity index (χ4n) is 4.33. The van der Waals surface area contributed by atoms with E-state index in [2.05, 4.69) is 5.32 Å². The third-order valence-corrected chi connectivity index (χ3v) is 6.78. The Balaban J connectivity index is 0.000000652. The average molecular weight is 486 g/mol. The highest BCUT2D eigenvalue weighted by Gasteiger charge is 2.35. The minimum atomic E-state index is -1.87. The molecule has 9 nitrogen and oxygen atoms in total. The van der Waals surface area contributed by atoms with Gasteiger partial charge in [-0.25, -0.2) is 9.19 Å². The van der Waals surface area contributed by atoms with Crippen molar-refractivity contribution >= 4 is 28.5 Å². The molecule has 0 fully saturated rings. The van der Waals surface area contributed by atoms with Gasteiger partial charge in [-0.15, -0.1) is 0 Å². The highest BCUT2D eigenvalue weighted by atomic mass is 32.2. The number of nitrogens with zero attached hydrogens (tertiary/aromatic N) is 2. The lowest BCUT2D eigenvalue weighted by Crippen LogP contribution is -2.31. The SMILES string of the molecule is CC.CC.O=COC1c2cc3n(c(=O)c2COS1=O)Cc1cc2c4c(ccc2nc1-3)OCNC4. The standard InChI is InChI=1S/C20H15N3O6S.2C2H6/c24-9-28-20-12-4-16-18-10(6-23(16)19(25)14(12)7-29-30(20)26)3-11-13-5-21-8-27-17(13)2-1-15(11)22-18;2*1-2/h1-4,9,20-21H,5-8H2;2*1-2H3. The number of hydrogen-bond acceptors (Lipinski definition) is 8. The summed E-state index contributed by atoms with van der Waals surface area (Å²) in [4.78, 5) is 28.8. The second-order valence-electron chi connectivity index (χ2n) is 7.26. The van der Waals surface area contributed by atoms with Gasteiger partial charge in [-0.1, -0.05) is 27.7 Å². The van der Waals surface area contributed by atoms with Crippen molar-refractivity contribution in [2.75, 3.05) is 6.73 Å². The molecule has 180 valence electrons. The molecule has 0 saturated heterocycles. The van der Waals surface area contributed by atoms with Gasteiger partial charge in [0.25, 0.3) is 12.0 Å². The number of aromatic nitrogens is 2. The topological polar surface area (TPSA) is 109 Å². The van der Waals surface area contributed by atoms with Crippen LogP contribution in [0.4, 0.5) is 0 Å². The molecule has 0 spiro atoms. The summed E-state index contributed by atoms with van der Waals surface area (Å²) < 4.78 is 29.6. The van der Waals surface area contributed by atoms with Gasteiger partial charge in [-0.2, -0.15) is 0 Å². The van der Waals surface area contributed by atoms with Crippen molar-refractivity contribution in [3.05, 3.63) is 56.9 Å². The number of rotatable bonds is 2. The van der Waals surface area contributed by atoms with Crippen LogP contribution in [-0.4, -0.2) is 27.0 Å². The number of hydrogen-bond donors (Lipinski definition) is 1. The number of benzene rings is 1. The Morgan fingerprint density at radius 2 is 2.00 bits per heavy atom. The highest BCUT2D eigenvalue weighted by molar-refractivity contribution is 7.80. The number of carbonyl (C=O) groups excluding carboxylic acids is 1. The maximum atomic E-state index is 13.1. The normalized spacial score (nSPS) is 19.1. The summed E-state index contributed by atoms with van der Waals surface area (Å²) in [6, 6.07) is 7.59. The monoisotopic (exact) mass is 485 g/mol. The van der Waals surface area contributed by atoms with E-state index in [0.717, 1.165) is 27.8 Å². The second-order valence-corrected chi connectivity index (χ2v) is 8.45. The van der Waals surface area contributed by atoms with Crippen LogP contribution in [0.25, 0.3) is 22.3 Å². The molecule has 1 aromatic carbocycles. The maximum Gasteiger partial charge on any atom is 0.294 e. The molecule has 2 aromatic heterocycles. The van der Waals surface area contributed by atoms with Gasteiger partial charge in [0.1, 0.15) is 12.5 Å². The molecule has 1 N–H and O–H groups in total. The number of carbonyl (C=O) groups is 1. The summed E-state index contributed by atoms with van der Waals surface area (Å²) in [6.45, 7) is 9.64. The lowest BCUT2D eigenvalue weighted by molar-refractivity contribution is -0.130. The van der Waals surface area contributed by atoms with E-state index in [1.807, 2.05) is 45.9 Å². The van der Waals surface area contributed by atoms with Gasteiger partial charge < -0.3 is 14.0 Å². The number of pyridine rings is 2. The van der Waals surface area contributed by atoms with Crippen LogP contribution in [0.5, 0.6) is 5.75 Å². The van der Waals surface area contributed by atoms with Crippen LogP contribution < -0.4 is 15.6 Å². The zero-order valence-electron chi connectivity index (χ0n) is 19.5. The molecule has 6 rings (SSSR count). The Hall–Kier alpha value is -3.08. The van der Waals surface area contributed by atoms with Crippen molar-refractivity contribution in [2.45, 2.75) is 52.8 Å². The number of fused-ring (bicyclic) bond motifs is 7. The van der Waals surface area contributed by atoms with Gasteiger partial charge in [0.2, 0.25) is 16.5 Å². The van der Waals surface area contributed by atoms with Crippen molar-refractivity contribution in [1.82, 2.24) is 14.9 Å². The Morgan fingerprint density at radius 1 is 1.21 bits per heavy atom. The van der Waals surface area contributed by atoms with Gasteiger partial charge >= 0.3 is 0 Å². The average Bonchev–Trinajstić information content (AvgIpc) is 3.25. The molecule has 0 aliphatic carbocycles. The van der Waals surface area contributed by atoms with E-state index < -0.39 is 16.5 Å². The molecule has 10 heteroatoms. The van der Waals surface area contributed by atoms with Crippen molar-refractivity contribution in [1.29, 1.82) is 0 Å². The molecule has 34 heavy (non-hydrogen) atoms. The van der Waals surface area contributed by atoms with Gasteiger partial charge in [0, 0.05) is 28.6 Å². The lowest BCUT2D eigenvalue weighted by Gasteiger charge is -2.23. The largest absolute Gasteiger partial charge is 0.478 e. The molecule has 0 amide bonds. The van der Waals surface area contributed by atoms with Crippen molar-refractivity contribution in [2.24, 2.45) is 0 Å². The Kier molecular flexibility index (Phi) is 7.11. The molecule has 0 saturated carbocycles. The molecule has 0 radical (unpaired) electrons. The minimum absolute atomic E-state index is 0.0952. The quantitative estimate of drug-likeness (QED) is 0.431. The summed E-state index contributed by atoms with van der Waals surface area (Å²) in [6.07, 6.45) is 0. The third-order valence-electron chi connectivity index (χ3n) is 5.71. The van der Waals surface area contributed by atoms with E-state index in [9.17, 15) is 13.8 Å². The number of nitrogens with one attached hydrogen (secondary N) is 1. The molecule has 2 unspecified atom stereocenters. The van der Waals surface area contributed by atoms with Crippen molar-refractivity contribution < 1.29 is 22.7 Å². The lowest BCUT2D eigenvalue weighted by atomic mass is 10.0. The third kappa shape index (κ3) is 3.81. The van der Waals surface area contributed by atoms with E-state index >= 15 is 0 Å². The first-order valence-electron chi connectivity index (χ1n) is 11.3. The van der Waals surface area contributed by atoms with Crippen LogP contribution in [0, 0.1) is 0 Å². The van der Waals surface area contributed by atoms with Crippen LogP contribution in [0.1, 0.15) is 55.4 Å². The molecule has 3 aliphatic heterocycles. The smallest absolute Gasteiger partial charge is 0.294 e. The Bertz CT molecular complexity index is 1340. The van der Waals surface area contributed by atoms with Crippen LogP contribution in [0.2, 0.25) is 0 Å². The van der Waals surface area contributed by atoms with Crippen LogP contribution in [0.3, 0.4) is 0 Å². The van der Waals surface area contributed by atoms with Crippen LogP contribution >= 0.6 is 0 Å².